The minimum Gasteiger partial charge on any atom is -0.507 e. The number of aromatic hydroxyl groups is 1. The lowest BCUT2D eigenvalue weighted by Gasteiger charge is -2.31. The summed E-state index contributed by atoms with van der Waals surface area (Å²) >= 11 is 7.76. The first-order chi connectivity index (χ1) is 12.5. The van der Waals surface area contributed by atoms with E-state index in [0.29, 0.717) is 29.6 Å². The van der Waals surface area contributed by atoms with Crippen molar-refractivity contribution >= 4 is 39.1 Å². The molecule has 0 radical (unpaired) electrons. The summed E-state index contributed by atoms with van der Waals surface area (Å²) in [6.45, 7) is 3.27. The Hall–Kier alpha value is -2.11. The lowest BCUT2D eigenvalue weighted by Crippen LogP contribution is -2.38. The summed E-state index contributed by atoms with van der Waals surface area (Å²) in [4.78, 5) is 19.3. The van der Waals surface area contributed by atoms with Crippen LogP contribution in [-0.4, -0.2) is 34.0 Å². The Morgan fingerprint density at radius 1 is 1.23 bits per heavy atom. The number of carbonyl (C=O) groups excluding carboxylic acids is 1. The number of aryl methyl sites for hydroxylation is 1. The fourth-order valence-electron chi connectivity index (χ4n) is 3.41. The van der Waals surface area contributed by atoms with Crippen molar-refractivity contribution < 1.29 is 9.90 Å². The highest BCUT2D eigenvalue weighted by Gasteiger charge is 2.27. The SMILES string of the molecule is Cc1ccc(O)c(C(=O)N2CCC(c3nc4cc(Cl)ccc4s3)CC2)c1. The molecular formula is C20H19ClN2O2S. The number of piperidine rings is 1. The zero-order valence-corrected chi connectivity index (χ0v) is 16.0. The third kappa shape index (κ3) is 3.29. The van der Waals surface area contributed by atoms with Gasteiger partial charge in [-0.1, -0.05) is 23.2 Å². The van der Waals surface area contributed by atoms with Gasteiger partial charge in [-0.15, -0.1) is 11.3 Å². The van der Waals surface area contributed by atoms with E-state index in [0.717, 1.165) is 33.6 Å². The molecule has 1 aromatic heterocycles. The average molecular weight is 387 g/mol. The molecule has 3 aromatic rings. The van der Waals surface area contributed by atoms with Gasteiger partial charge in [0.15, 0.2) is 0 Å². The number of hydrogen-bond acceptors (Lipinski definition) is 4. The van der Waals surface area contributed by atoms with E-state index in [9.17, 15) is 9.90 Å². The predicted molar refractivity (Wildman–Crippen MR) is 105 cm³/mol. The summed E-state index contributed by atoms with van der Waals surface area (Å²) in [7, 11) is 0. The predicted octanol–water partition coefficient (Wildman–Crippen LogP) is 4.98. The molecule has 0 atom stereocenters. The second-order valence-corrected chi connectivity index (χ2v) is 8.25. The maximum Gasteiger partial charge on any atom is 0.257 e. The van der Waals surface area contributed by atoms with Crippen LogP contribution in [0.5, 0.6) is 5.75 Å². The van der Waals surface area contributed by atoms with E-state index in [2.05, 4.69) is 0 Å². The summed E-state index contributed by atoms with van der Waals surface area (Å²) in [5.41, 5.74) is 2.30. The molecule has 4 nitrogen and oxygen atoms in total. The normalized spacial score (nSPS) is 15.5. The Morgan fingerprint density at radius 2 is 2.00 bits per heavy atom. The molecule has 0 bridgehead atoms. The molecule has 0 spiro atoms. The average Bonchev–Trinajstić information content (AvgIpc) is 3.06. The first kappa shape index (κ1) is 17.3. The first-order valence-corrected chi connectivity index (χ1v) is 9.85. The minimum absolute atomic E-state index is 0.0470. The minimum atomic E-state index is -0.0965. The number of fused-ring (bicyclic) bond motifs is 1. The van der Waals surface area contributed by atoms with E-state index in [1.54, 1.807) is 29.5 Å². The number of rotatable bonds is 2. The number of amides is 1. The number of carbonyl (C=O) groups is 1. The molecular weight excluding hydrogens is 368 g/mol. The number of hydrogen-bond donors (Lipinski definition) is 1. The van der Waals surface area contributed by atoms with E-state index in [1.807, 2.05) is 30.0 Å². The molecule has 2 heterocycles. The maximum absolute atomic E-state index is 12.7. The lowest BCUT2D eigenvalue weighted by atomic mass is 9.96. The molecule has 0 unspecified atom stereocenters. The summed E-state index contributed by atoms with van der Waals surface area (Å²) in [5, 5.41) is 11.8. The molecule has 2 aromatic carbocycles. The van der Waals surface area contributed by atoms with Gasteiger partial charge < -0.3 is 10.0 Å². The van der Waals surface area contributed by atoms with Crippen molar-refractivity contribution in [2.45, 2.75) is 25.7 Å². The molecule has 1 saturated heterocycles. The lowest BCUT2D eigenvalue weighted by molar-refractivity contribution is 0.0710. The number of phenolic OH excluding ortho intramolecular Hbond substituents is 1. The van der Waals surface area contributed by atoms with E-state index < -0.39 is 0 Å². The van der Waals surface area contributed by atoms with Crippen molar-refractivity contribution in [3.05, 3.63) is 57.6 Å². The van der Waals surface area contributed by atoms with Gasteiger partial charge in [0.25, 0.3) is 5.91 Å². The summed E-state index contributed by atoms with van der Waals surface area (Å²) in [6, 6.07) is 10.9. The van der Waals surface area contributed by atoms with Gasteiger partial charge >= 0.3 is 0 Å². The highest BCUT2D eigenvalue weighted by Crippen LogP contribution is 2.35. The zero-order chi connectivity index (χ0) is 18.3. The van der Waals surface area contributed by atoms with Crippen molar-refractivity contribution in [2.24, 2.45) is 0 Å². The van der Waals surface area contributed by atoms with Crippen LogP contribution in [0.4, 0.5) is 0 Å². The van der Waals surface area contributed by atoms with Crippen molar-refractivity contribution in [3.8, 4) is 5.75 Å². The van der Waals surface area contributed by atoms with Crippen LogP contribution in [0.25, 0.3) is 10.2 Å². The topological polar surface area (TPSA) is 53.4 Å². The van der Waals surface area contributed by atoms with Crippen LogP contribution >= 0.6 is 22.9 Å². The molecule has 0 aliphatic carbocycles. The summed E-state index contributed by atoms with van der Waals surface area (Å²) in [6.07, 6.45) is 1.76. The Kier molecular flexibility index (Phi) is 4.59. The third-order valence-corrected chi connectivity index (χ3v) is 6.31. The maximum atomic E-state index is 12.7. The number of halogens is 1. The van der Waals surface area contributed by atoms with Crippen LogP contribution in [0, 0.1) is 6.92 Å². The van der Waals surface area contributed by atoms with Crippen LogP contribution < -0.4 is 0 Å². The number of nitrogens with zero attached hydrogens (tertiary/aromatic N) is 2. The largest absolute Gasteiger partial charge is 0.507 e. The van der Waals surface area contributed by atoms with E-state index >= 15 is 0 Å². The van der Waals surface area contributed by atoms with Crippen LogP contribution in [0.1, 0.15) is 39.7 Å². The van der Waals surface area contributed by atoms with E-state index in [-0.39, 0.29) is 11.7 Å². The zero-order valence-electron chi connectivity index (χ0n) is 14.4. The Balaban J connectivity index is 1.48. The second kappa shape index (κ2) is 6.89. The van der Waals surface area contributed by atoms with Crippen LogP contribution in [0.2, 0.25) is 5.02 Å². The van der Waals surface area contributed by atoms with Gasteiger partial charge in [-0.3, -0.25) is 4.79 Å². The molecule has 1 amide bonds. The molecule has 1 aliphatic rings. The Labute approximate surface area is 161 Å². The van der Waals surface area contributed by atoms with Crippen molar-refractivity contribution in [3.63, 3.8) is 0 Å². The van der Waals surface area contributed by atoms with Gasteiger partial charge in [0.2, 0.25) is 0 Å². The van der Waals surface area contributed by atoms with Gasteiger partial charge in [-0.2, -0.15) is 0 Å². The van der Waals surface area contributed by atoms with E-state index in [4.69, 9.17) is 16.6 Å². The molecule has 0 saturated carbocycles. The van der Waals surface area contributed by atoms with E-state index in [1.165, 1.54) is 0 Å². The van der Waals surface area contributed by atoms with Gasteiger partial charge in [-0.25, -0.2) is 4.98 Å². The van der Waals surface area contributed by atoms with Gasteiger partial charge in [0.1, 0.15) is 5.75 Å². The monoisotopic (exact) mass is 386 g/mol. The van der Waals surface area contributed by atoms with Gasteiger partial charge in [-0.05, 0) is 50.1 Å². The fraction of sp³-hybridized carbons (Fsp3) is 0.300. The van der Waals surface area contributed by atoms with Gasteiger partial charge in [0, 0.05) is 24.0 Å². The number of aromatic nitrogens is 1. The van der Waals surface area contributed by atoms with Crippen LogP contribution in [0.15, 0.2) is 36.4 Å². The number of phenols is 1. The highest BCUT2D eigenvalue weighted by molar-refractivity contribution is 7.18. The first-order valence-electron chi connectivity index (χ1n) is 8.66. The number of likely N-dealkylation sites (tertiary alicyclic amines) is 1. The Bertz CT molecular complexity index is 977. The number of benzene rings is 2. The highest BCUT2D eigenvalue weighted by atomic mass is 35.5. The second-order valence-electron chi connectivity index (χ2n) is 6.75. The molecule has 6 heteroatoms. The molecule has 4 rings (SSSR count). The van der Waals surface area contributed by atoms with Crippen LogP contribution in [-0.2, 0) is 0 Å². The smallest absolute Gasteiger partial charge is 0.257 e. The molecule has 26 heavy (non-hydrogen) atoms. The van der Waals surface area contributed by atoms with Crippen molar-refractivity contribution in [2.75, 3.05) is 13.1 Å². The fourth-order valence-corrected chi connectivity index (χ4v) is 4.70. The summed E-state index contributed by atoms with van der Waals surface area (Å²) in [5.74, 6) is 0.313. The molecule has 1 fully saturated rings. The molecule has 134 valence electrons. The molecule has 1 N–H and O–H groups in total. The number of thiazole rings is 1. The third-order valence-electron chi connectivity index (χ3n) is 4.88. The van der Waals surface area contributed by atoms with Crippen LogP contribution in [0.3, 0.4) is 0 Å². The van der Waals surface area contributed by atoms with Gasteiger partial charge in [0.05, 0.1) is 20.8 Å². The Morgan fingerprint density at radius 3 is 2.77 bits per heavy atom. The quantitative estimate of drug-likeness (QED) is 0.675. The molecule has 1 aliphatic heterocycles. The summed E-state index contributed by atoms with van der Waals surface area (Å²) < 4.78 is 1.15. The van der Waals surface area contributed by atoms with Crippen molar-refractivity contribution in [1.29, 1.82) is 0 Å². The van der Waals surface area contributed by atoms with Crippen molar-refractivity contribution in [1.82, 2.24) is 9.88 Å². The standard InChI is InChI=1S/C20H19ClN2O2S/c1-12-2-4-17(24)15(10-12)20(25)23-8-6-13(7-9-23)19-22-16-11-14(21)3-5-18(16)26-19/h2-5,10-11,13,24H,6-9H2,1H3.